The molecule has 4 rings (SSSR count). The second-order valence-corrected chi connectivity index (χ2v) is 10.4. The van der Waals surface area contributed by atoms with Crippen molar-refractivity contribution >= 4 is 19.5 Å². The molecule has 0 saturated heterocycles. The zero-order valence-corrected chi connectivity index (χ0v) is 22.7. The first-order chi connectivity index (χ1) is 16.2. The molecule has 35 heavy (non-hydrogen) atoms. The van der Waals surface area contributed by atoms with Gasteiger partial charge in [-0.2, -0.15) is 13.5 Å². The molecule has 8 heteroatoms. The third-order valence-corrected chi connectivity index (χ3v) is 6.74. The molecule has 7 nitrogen and oxygen atoms in total. The number of methoxy groups -OCH3 is 1. The maximum Gasteiger partial charge on any atom is 0.343 e. The third kappa shape index (κ3) is 5.43. The van der Waals surface area contributed by atoms with Crippen LogP contribution in [0.5, 0.6) is 5.75 Å². The summed E-state index contributed by atoms with van der Waals surface area (Å²) in [5, 5.41) is 0. The van der Waals surface area contributed by atoms with Crippen molar-refractivity contribution in [3.05, 3.63) is 44.9 Å². The van der Waals surface area contributed by atoms with Crippen LogP contribution in [0.2, 0.25) is 0 Å². The minimum Gasteiger partial charge on any atom is -0.492 e. The Morgan fingerprint density at radius 2 is 1.94 bits per heavy atom. The van der Waals surface area contributed by atoms with Crippen molar-refractivity contribution < 1.29 is 19.0 Å². The summed E-state index contributed by atoms with van der Waals surface area (Å²) < 4.78 is 18.6. The van der Waals surface area contributed by atoms with Crippen molar-refractivity contribution in [3.8, 4) is 17.1 Å². The minimum atomic E-state index is -0.573. The van der Waals surface area contributed by atoms with Gasteiger partial charge in [0.2, 0.25) is 0 Å². The Morgan fingerprint density at radius 3 is 2.54 bits per heavy atom. The molecule has 2 aromatic rings. The highest BCUT2D eigenvalue weighted by molar-refractivity contribution is 7.59. The molecular weight excluding hydrogens is 464 g/mol. The number of hydrogen-bond donors (Lipinski definition) is 0. The maximum absolute atomic E-state index is 13.2. The van der Waals surface area contributed by atoms with Crippen LogP contribution in [-0.4, -0.2) is 42.5 Å². The molecule has 0 N–H and O–H groups in total. The van der Waals surface area contributed by atoms with Crippen molar-refractivity contribution in [2.24, 2.45) is 5.41 Å². The summed E-state index contributed by atoms with van der Waals surface area (Å²) >= 11 is 0. The SMILES string of the molecule is CCOC(=O)c1cn2c(c(C)c1=O)-c1nc(C3CC3)c(OCCCOC)cc1C[C@H]2C(C)(C)C.S. The smallest absolute Gasteiger partial charge is 0.343 e. The van der Waals surface area contributed by atoms with Gasteiger partial charge in [0, 0.05) is 43.9 Å². The monoisotopic (exact) mass is 502 g/mol. The molecule has 1 fully saturated rings. The number of ether oxygens (including phenoxy) is 3. The summed E-state index contributed by atoms with van der Waals surface area (Å²) in [6, 6.07) is 2.17. The molecule has 3 heterocycles. The van der Waals surface area contributed by atoms with Crippen LogP contribution >= 0.6 is 13.5 Å². The first-order valence-corrected chi connectivity index (χ1v) is 12.3. The van der Waals surface area contributed by atoms with Crippen LogP contribution in [0, 0.1) is 12.3 Å². The first-order valence-electron chi connectivity index (χ1n) is 12.3. The van der Waals surface area contributed by atoms with Crippen molar-refractivity contribution in [1.29, 1.82) is 0 Å². The summed E-state index contributed by atoms with van der Waals surface area (Å²) in [4.78, 5) is 30.9. The van der Waals surface area contributed by atoms with Crippen LogP contribution in [0.4, 0.5) is 0 Å². The number of nitrogens with zero attached hydrogens (tertiary/aromatic N) is 2. The second kappa shape index (κ2) is 10.7. The van der Waals surface area contributed by atoms with E-state index in [1.54, 1.807) is 27.2 Å². The van der Waals surface area contributed by atoms with E-state index in [-0.39, 0.29) is 42.6 Å². The molecule has 1 atom stereocenters. The Labute approximate surface area is 214 Å². The highest BCUT2D eigenvalue weighted by Gasteiger charge is 2.38. The number of fused-ring (bicyclic) bond motifs is 3. The number of rotatable bonds is 8. The molecular formula is C27H38N2O5S. The molecule has 0 unspecified atom stereocenters. The number of aromatic nitrogens is 2. The number of pyridine rings is 2. The van der Waals surface area contributed by atoms with E-state index in [9.17, 15) is 9.59 Å². The largest absolute Gasteiger partial charge is 0.492 e. The van der Waals surface area contributed by atoms with E-state index in [1.807, 2.05) is 0 Å². The average molecular weight is 503 g/mol. The van der Waals surface area contributed by atoms with Crippen molar-refractivity contribution in [2.75, 3.05) is 26.9 Å². The predicted molar refractivity (Wildman–Crippen MR) is 141 cm³/mol. The molecule has 2 aliphatic rings. The summed E-state index contributed by atoms with van der Waals surface area (Å²) in [6.07, 6.45) is 5.44. The fourth-order valence-corrected chi connectivity index (χ4v) is 4.75. The molecule has 0 amide bonds. The van der Waals surface area contributed by atoms with Gasteiger partial charge in [0.15, 0.2) is 5.43 Å². The normalized spacial score (nSPS) is 16.7. The quantitative estimate of drug-likeness (QED) is 0.376. The summed E-state index contributed by atoms with van der Waals surface area (Å²) in [5.41, 5.74) is 3.89. The van der Waals surface area contributed by atoms with Gasteiger partial charge in [-0.05, 0) is 50.2 Å². The van der Waals surface area contributed by atoms with Gasteiger partial charge in [0.1, 0.15) is 11.3 Å². The first kappa shape index (κ1) is 27.3. The fourth-order valence-electron chi connectivity index (χ4n) is 4.75. The van der Waals surface area contributed by atoms with E-state index in [2.05, 4.69) is 31.4 Å². The number of carbonyl (C=O) groups is 1. The van der Waals surface area contributed by atoms with Crippen molar-refractivity contribution in [3.63, 3.8) is 0 Å². The molecule has 0 spiro atoms. The molecule has 2 aromatic heterocycles. The fraction of sp³-hybridized carbons (Fsp3) is 0.593. The Hall–Kier alpha value is -2.32. The number of esters is 1. The number of hydrogen-bond acceptors (Lipinski definition) is 6. The van der Waals surface area contributed by atoms with Crippen LogP contribution in [-0.2, 0) is 15.9 Å². The van der Waals surface area contributed by atoms with Crippen molar-refractivity contribution in [2.45, 2.75) is 72.3 Å². The van der Waals surface area contributed by atoms with E-state index in [0.29, 0.717) is 24.7 Å². The van der Waals surface area contributed by atoms with Crippen LogP contribution in [0.1, 0.15) is 86.1 Å². The summed E-state index contributed by atoms with van der Waals surface area (Å²) in [7, 11) is 1.69. The van der Waals surface area contributed by atoms with Gasteiger partial charge >= 0.3 is 5.97 Å². The summed E-state index contributed by atoms with van der Waals surface area (Å²) in [5.74, 6) is 0.666. The van der Waals surface area contributed by atoms with Crippen molar-refractivity contribution in [1.82, 2.24) is 9.55 Å². The zero-order chi connectivity index (χ0) is 24.6. The second-order valence-electron chi connectivity index (χ2n) is 10.4. The lowest BCUT2D eigenvalue weighted by Crippen LogP contribution is -2.34. The summed E-state index contributed by atoms with van der Waals surface area (Å²) in [6.45, 7) is 11.5. The van der Waals surface area contributed by atoms with E-state index < -0.39 is 5.97 Å². The van der Waals surface area contributed by atoms with Gasteiger partial charge in [0.05, 0.1) is 30.3 Å². The zero-order valence-electron chi connectivity index (χ0n) is 21.7. The van der Waals surface area contributed by atoms with E-state index in [1.165, 1.54) is 0 Å². The van der Waals surface area contributed by atoms with Gasteiger partial charge < -0.3 is 18.8 Å². The van der Waals surface area contributed by atoms with Gasteiger partial charge in [0.25, 0.3) is 0 Å². The predicted octanol–water partition coefficient (Wildman–Crippen LogP) is 4.94. The standard InChI is InChI=1S/C27H36N2O5.H2S/c1-7-33-26(31)19-15-29-21(27(3,4)5)14-18-13-20(34-12-8-11-32-6)22(17-9-10-17)28-23(18)24(29)16(2)25(19)30;/h13,15,17,21H,7-12,14H2,1-6H3;1H2/t21-;/m0./s1. The average Bonchev–Trinajstić information content (AvgIpc) is 3.62. The molecule has 0 aromatic carbocycles. The third-order valence-electron chi connectivity index (χ3n) is 6.74. The van der Waals surface area contributed by atoms with Gasteiger partial charge in [-0.3, -0.25) is 4.79 Å². The topological polar surface area (TPSA) is 79.7 Å². The highest BCUT2D eigenvalue weighted by atomic mass is 32.1. The minimum absolute atomic E-state index is 0. The van der Waals surface area contributed by atoms with E-state index in [0.717, 1.165) is 54.1 Å². The molecule has 0 radical (unpaired) electrons. The number of carbonyl (C=O) groups excluding carboxylic acids is 1. The van der Waals surface area contributed by atoms with E-state index in [4.69, 9.17) is 19.2 Å². The maximum atomic E-state index is 13.2. The van der Waals surface area contributed by atoms with Gasteiger partial charge in [-0.25, -0.2) is 9.78 Å². The van der Waals surface area contributed by atoms with Crippen LogP contribution in [0.3, 0.4) is 0 Å². The molecule has 1 aliphatic heterocycles. The van der Waals surface area contributed by atoms with Crippen LogP contribution in [0.15, 0.2) is 17.1 Å². The lowest BCUT2D eigenvalue weighted by molar-refractivity contribution is 0.0523. The Bertz CT molecular complexity index is 1150. The molecule has 1 aliphatic carbocycles. The van der Waals surface area contributed by atoms with Crippen LogP contribution < -0.4 is 10.2 Å². The molecule has 1 saturated carbocycles. The molecule has 0 bridgehead atoms. The Balaban J connectivity index is 0.00000342. The van der Waals surface area contributed by atoms with Gasteiger partial charge in [-0.1, -0.05) is 20.8 Å². The lowest BCUT2D eigenvalue weighted by Gasteiger charge is -2.39. The molecule has 192 valence electrons. The lowest BCUT2D eigenvalue weighted by atomic mass is 9.79. The van der Waals surface area contributed by atoms with Crippen LogP contribution in [0.25, 0.3) is 11.4 Å². The Kier molecular flexibility index (Phi) is 8.37. The van der Waals surface area contributed by atoms with E-state index >= 15 is 0 Å². The van der Waals surface area contributed by atoms with Gasteiger partial charge in [-0.15, -0.1) is 0 Å². The Morgan fingerprint density at radius 1 is 1.23 bits per heavy atom. The highest BCUT2D eigenvalue weighted by Crippen LogP contribution is 2.48.